The predicted octanol–water partition coefficient (Wildman–Crippen LogP) is 2.80. The highest BCUT2D eigenvalue weighted by Crippen LogP contribution is 2.26. The Labute approximate surface area is 123 Å². The van der Waals surface area contributed by atoms with Gasteiger partial charge in [-0.05, 0) is 31.4 Å². The van der Waals surface area contributed by atoms with Crippen LogP contribution in [0.3, 0.4) is 0 Å². The van der Waals surface area contributed by atoms with Gasteiger partial charge in [-0.25, -0.2) is 4.98 Å². The van der Waals surface area contributed by atoms with Gasteiger partial charge in [-0.15, -0.1) is 0 Å². The van der Waals surface area contributed by atoms with E-state index >= 15 is 0 Å². The summed E-state index contributed by atoms with van der Waals surface area (Å²) in [4.78, 5) is 16.2. The third-order valence-electron chi connectivity index (χ3n) is 3.93. The number of nitrogens with two attached hydrogens (primary N) is 1. The first kappa shape index (κ1) is 13.8. The lowest BCUT2D eigenvalue weighted by molar-refractivity contribution is -0.120. The molecule has 2 aromatic rings. The summed E-state index contributed by atoms with van der Waals surface area (Å²) >= 11 is 0. The maximum absolute atomic E-state index is 12.3. The van der Waals surface area contributed by atoms with Crippen LogP contribution in [-0.2, 0) is 4.79 Å². The van der Waals surface area contributed by atoms with Crippen LogP contribution in [0.1, 0.15) is 25.7 Å². The highest BCUT2D eigenvalue weighted by atomic mass is 16.3. The van der Waals surface area contributed by atoms with Gasteiger partial charge in [0.05, 0.1) is 6.20 Å². The minimum absolute atomic E-state index is 0.0164. The Morgan fingerprint density at radius 1 is 1.38 bits per heavy atom. The van der Waals surface area contributed by atoms with E-state index in [1.165, 1.54) is 6.39 Å². The molecule has 1 aliphatic carbocycles. The number of carbonyl (C=O) groups excluding carboxylic acids is 1. The van der Waals surface area contributed by atoms with Gasteiger partial charge in [-0.2, -0.15) is 0 Å². The van der Waals surface area contributed by atoms with E-state index in [0.29, 0.717) is 5.76 Å². The molecule has 1 aromatic heterocycles. The molecule has 2 unspecified atom stereocenters. The lowest BCUT2D eigenvalue weighted by Gasteiger charge is -2.25. The molecule has 2 atom stereocenters. The third kappa shape index (κ3) is 3.31. The van der Waals surface area contributed by atoms with Gasteiger partial charge >= 0.3 is 0 Å². The van der Waals surface area contributed by atoms with E-state index < -0.39 is 0 Å². The summed E-state index contributed by atoms with van der Waals surface area (Å²) in [5.74, 6) is 0.758. The van der Waals surface area contributed by atoms with Crippen molar-refractivity contribution in [3.05, 3.63) is 36.9 Å². The number of nitrogens with zero attached hydrogens (tertiary/aromatic N) is 1. The summed E-state index contributed by atoms with van der Waals surface area (Å²) in [6.07, 6.45) is 6.78. The molecule has 3 N–H and O–H groups in total. The fourth-order valence-electron chi connectivity index (χ4n) is 2.82. The molecule has 1 heterocycles. The fourth-order valence-corrected chi connectivity index (χ4v) is 2.82. The first-order chi connectivity index (χ1) is 10.2. The Bertz CT molecular complexity index is 610. The van der Waals surface area contributed by atoms with Gasteiger partial charge in [0.25, 0.3) is 0 Å². The van der Waals surface area contributed by atoms with Gasteiger partial charge < -0.3 is 15.5 Å². The average Bonchev–Trinajstić information content (AvgIpc) is 3.02. The lowest BCUT2D eigenvalue weighted by Crippen LogP contribution is -2.34. The molecule has 1 amide bonds. The van der Waals surface area contributed by atoms with E-state index in [4.69, 9.17) is 10.2 Å². The van der Waals surface area contributed by atoms with Crippen molar-refractivity contribution >= 4 is 11.6 Å². The largest absolute Gasteiger partial charge is 0.444 e. The third-order valence-corrected chi connectivity index (χ3v) is 3.93. The molecule has 0 aliphatic heterocycles. The first-order valence-electron chi connectivity index (χ1n) is 7.28. The number of rotatable bonds is 3. The summed E-state index contributed by atoms with van der Waals surface area (Å²) in [5.41, 5.74) is 7.61. The van der Waals surface area contributed by atoms with E-state index in [-0.39, 0.29) is 17.9 Å². The monoisotopic (exact) mass is 285 g/mol. The zero-order chi connectivity index (χ0) is 14.7. The van der Waals surface area contributed by atoms with Crippen molar-refractivity contribution in [1.82, 2.24) is 4.98 Å². The van der Waals surface area contributed by atoms with E-state index in [2.05, 4.69) is 10.3 Å². The number of hydrogen-bond acceptors (Lipinski definition) is 4. The van der Waals surface area contributed by atoms with Crippen molar-refractivity contribution in [2.24, 2.45) is 11.7 Å². The average molecular weight is 285 g/mol. The summed E-state index contributed by atoms with van der Waals surface area (Å²) in [7, 11) is 0. The molecular weight excluding hydrogens is 266 g/mol. The predicted molar refractivity (Wildman–Crippen MR) is 80.5 cm³/mol. The van der Waals surface area contributed by atoms with Crippen molar-refractivity contribution in [3.8, 4) is 11.3 Å². The minimum atomic E-state index is 0.0164. The molecule has 1 fully saturated rings. The topological polar surface area (TPSA) is 81.2 Å². The van der Waals surface area contributed by atoms with Crippen molar-refractivity contribution in [3.63, 3.8) is 0 Å². The van der Waals surface area contributed by atoms with Crippen LogP contribution in [0, 0.1) is 5.92 Å². The molecule has 3 rings (SSSR count). The molecule has 21 heavy (non-hydrogen) atoms. The second kappa shape index (κ2) is 6.10. The number of anilines is 1. The van der Waals surface area contributed by atoms with Crippen LogP contribution < -0.4 is 11.1 Å². The number of nitrogens with one attached hydrogen (secondary N) is 1. The van der Waals surface area contributed by atoms with Gasteiger partial charge in [0.15, 0.2) is 12.2 Å². The molecule has 0 bridgehead atoms. The van der Waals surface area contributed by atoms with Crippen LogP contribution in [-0.4, -0.2) is 16.9 Å². The SMILES string of the molecule is NC1CCCC(C(=O)Nc2cccc(-c3cnco3)c2)C1. The van der Waals surface area contributed by atoms with Crippen LogP contribution in [0.5, 0.6) is 0 Å². The first-order valence-corrected chi connectivity index (χ1v) is 7.28. The second-order valence-corrected chi connectivity index (χ2v) is 5.56. The number of hydrogen-bond donors (Lipinski definition) is 2. The Kier molecular flexibility index (Phi) is 4.01. The van der Waals surface area contributed by atoms with Crippen molar-refractivity contribution in [1.29, 1.82) is 0 Å². The van der Waals surface area contributed by atoms with Crippen molar-refractivity contribution < 1.29 is 9.21 Å². The number of carbonyl (C=O) groups is 1. The van der Waals surface area contributed by atoms with Gasteiger partial charge in [0.2, 0.25) is 5.91 Å². The maximum Gasteiger partial charge on any atom is 0.227 e. The summed E-state index contributed by atoms with van der Waals surface area (Å²) < 4.78 is 5.27. The molecule has 1 saturated carbocycles. The lowest BCUT2D eigenvalue weighted by atomic mass is 9.85. The molecule has 0 saturated heterocycles. The zero-order valence-electron chi connectivity index (χ0n) is 11.8. The van der Waals surface area contributed by atoms with Crippen LogP contribution in [0.4, 0.5) is 5.69 Å². The molecule has 110 valence electrons. The number of amides is 1. The fraction of sp³-hybridized carbons (Fsp3) is 0.375. The highest BCUT2D eigenvalue weighted by Gasteiger charge is 2.25. The second-order valence-electron chi connectivity index (χ2n) is 5.56. The van der Waals surface area contributed by atoms with E-state index in [0.717, 1.165) is 36.9 Å². The number of oxazole rings is 1. The minimum Gasteiger partial charge on any atom is -0.444 e. The highest BCUT2D eigenvalue weighted by molar-refractivity contribution is 5.93. The van der Waals surface area contributed by atoms with Crippen LogP contribution in [0.15, 0.2) is 41.3 Å². The standard InChI is InChI=1S/C16H19N3O2/c17-13-5-1-4-12(7-13)16(20)19-14-6-2-3-11(8-14)15-9-18-10-21-15/h2-3,6,8-10,12-13H,1,4-5,7,17H2,(H,19,20). The maximum atomic E-state index is 12.3. The van der Waals surface area contributed by atoms with E-state index in [1.807, 2.05) is 24.3 Å². The molecule has 1 aromatic carbocycles. The van der Waals surface area contributed by atoms with Gasteiger partial charge in [-0.1, -0.05) is 18.6 Å². The quantitative estimate of drug-likeness (QED) is 0.908. The zero-order valence-corrected chi connectivity index (χ0v) is 11.8. The molecule has 0 radical (unpaired) electrons. The Hall–Kier alpha value is -2.14. The van der Waals surface area contributed by atoms with Crippen LogP contribution in [0.2, 0.25) is 0 Å². The summed E-state index contributed by atoms with van der Waals surface area (Å²) in [6, 6.07) is 7.73. The molecular formula is C16H19N3O2. The summed E-state index contributed by atoms with van der Waals surface area (Å²) in [6.45, 7) is 0. The normalized spacial score (nSPS) is 22.0. The number of aromatic nitrogens is 1. The Morgan fingerprint density at radius 3 is 3.05 bits per heavy atom. The van der Waals surface area contributed by atoms with E-state index in [1.54, 1.807) is 6.20 Å². The van der Waals surface area contributed by atoms with Gasteiger partial charge in [0, 0.05) is 23.2 Å². The smallest absolute Gasteiger partial charge is 0.227 e. The van der Waals surface area contributed by atoms with Crippen LogP contribution >= 0.6 is 0 Å². The molecule has 1 aliphatic rings. The van der Waals surface area contributed by atoms with Crippen LogP contribution in [0.25, 0.3) is 11.3 Å². The molecule has 0 spiro atoms. The summed E-state index contributed by atoms with van der Waals surface area (Å²) in [5, 5.41) is 2.98. The van der Waals surface area contributed by atoms with Gasteiger partial charge in [0.1, 0.15) is 0 Å². The van der Waals surface area contributed by atoms with Crippen molar-refractivity contribution in [2.45, 2.75) is 31.7 Å². The number of benzene rings is 1. The molecule has 5 nitrogen and oxygen atoms in total. The Balaban J connectivity index is 1.70. The van der Waals surface area contributed by atoms with Crippen molar-refractivity contribution in [2.75, 3.05) is 5.32 Å². The molecule has 5 heteroatoms. The van der Waals surface area contributed by atoms with Gasteiger partial charge in [-0.3, -0.25) is 4.79 Å². The Morgan fingerprint density at radius 2 is 2.29 bits per heavy atom. The van der Waals surface area contributed by atoms with E-state index in [9.17, 15) is 4.79 Å².